The molecule has 0 aromatic heterocycles. The Morgan fingerprint density at radius 1 is 1.33 bits per heavy atom. The highest BCUT2D eigenvalue weighted by Gasteiger charge is 2.22. The molecule has 1 amide bonds. The summed E-state index contributed by atoms with van der Waals surface area (Å²) in [5, 5.41) is 6.45. The summed E-state index contributed by atoms with van der Waals surface area (Å²) < 4.78 is 10.4. The summed E-state index contributed by atoms with van der Waals surface area (Å²) >= 11 is 0. The molecule has 21 heavy (non-hydrogen) atoms. The summed E-state index contributed by atoms with van der Waals surface area (Å²) in [5.41, 5.74) is 0.586. The van der Waals surface area contributed by atoms with Gasteiger partial charge in [-0.1, -0.05) is 0 Å². The van der Waals surface area contributed by atoms with Gasteiger partial charge in [0.1, 0.15) is 0 Å². The topological polar surface area (TPSA) is 59.6 Å². The fraction of sp³-hybridized carbons (Fsp3) is 0.562. The van der Waals surface area contributed by atoms with E-state index in [-0.39, 0.29) is 11.9 Å². The summed E-state index contributed by atoms with van der Waals surface area (Å²) in [6, 6.07) is 5.36. The Morgan fingerprint density at radius 3 is 2.71 bits per heavy atom. The average Bonchev–Trinajstić information content (AvgIpc) is 2.54. The van der Waals surface area contributed by atoms with Crippen LogP contribution in [-0.4, -0.2) is 39.3 Å². The Balaban J connectivity index is 2.02. The van der Waals surface area contributed by atoms with Crippen LogP contribution in [0.4, 0.5) is 0 Å². The number of hydrogen-bond acceptors (Lipinski definition) is 4. The Kier molecular flexibility index (Phi) is 5.44. The second kappa shape index (κ2) is 7.31. The van der Waals surface area contributed by atoms with Gasteiger partial charge in [-0.2, -0.15) is 0 Å². The maximum atomic E-state index is 12.3. The van der Waals surface area contributed by atoms with Gasteiger partial charge in [-0.15, -0.1) is 0 Å². The molecule has 1 heterocycles. The van der Waals surface area contributed by atoms with E-state index in [9.17, 15) is 4.79 Å². The van der Waals surface area contributed by atoms with Gasteiger partial charge in [0.05, 0.1) is 14.2 Å². The number of piperidine rings is 1. The Hall–Kier alpha value is -1.75. The van der Waals surface area contributed by atoms with Crippen LogP contribution in [0.15, 0.2) is 18.2 Å². The molecular formula is C16H24N2O3. The number of hydrogen-bond donors (Lipinski definition) is 2. The monoisotopic (exact) mass is 292 g/mol. The van der Waals surface area contributed by atoms with E-state index in [0.717, 1.165) is 19.5 Å². The molecule has 1 aromatic rings. The van der Waals surface area contributed by atoms with Crippen LogP contribution in [0.2, 0.25) is 0 Å². The van der Waals surface area contributed by atoms with Crippen molar-refractivity contribution in [3.8, 4) is 11.5 Å². The van der Waals surface area contributed by atoms with Crippen molar-refractivity contribution in [2.75, 3.05) is 27.3 Å². The maximum absolute atomic E-state index is 12.3. The van der Waals surface area contributed by atoms with Gasteiger partial charge in [-0.05, 0) is 57.0 Å². The molecular weight excluding hydrogens is 268 g/mol. The predicted octanol–water partition coefficient (Wildman–Crippen LogP) is 1.82. The van der Waals surface area contributed by atoms with E-state index in [1.165, 1.54) is 6.42 Å². The number of carbonyl (C=O) groups excluding carboxylic acids is 1. The maximum Gasteiger partial charge on any atom is 0.251 e. The van der Waals surface area contributed by atoms with Crippen molar-refractivity contribution in [2.45, 2.75) is 25.8 Å². The summed E-state index contributed by atoms with van der Waals surface area (Å²) in [7, 11) is 3.14. The van der Waals surface area contributed by atoms with Crippen LogP contribution in [0, 0.1) is 5.92 Å². The zero-order valence-corrected chi connectivity index (χ0v) is 12.9. The lowest BCUT2D eigenvalue weighted by atomic mass is 9.92. The largest absolute Gasteiger partial charge is 0.493 e. The second-order valence-electron chi connectivity index (χ2n) is 5.44. The van der Waals surface area contributed by atoms with Crippen LogP contribution < -0.4 is 20.1 Å². The van der Waals surface area contributed by atoms with E-state index < -0.39 is 0 Å². The van der Waals surface area contributed by atoms with E-state index in [2.05, 4.69) is 17.6 Å². The van der Waals surface area contributed by atoms with Crippen LogP contribution in [0.1, 0.15) is 30.1 Å². The van der Waals surface area contributed by atoms with Crippen molar-refractivity contribution in [1.82, 2.24) is 10.6 Å². The molecule has 1 aliphatic heterocycles. The van der Waals surface area contributed by atoms with Crippen LogP contribution in [0.5, 0.6) is 11.5 Å². The van der Waals surface area contributed by atoms with Crippen LogP contribution in [-0.2, 0) is 0 Å². The molecule has 2 rings (SSSR count). The minimum Gasteiger partial charge on any atom is -0.493 e. The number of ether oxygens (including phenoxy) is 2. The molecule has 5 nitrogen and oxygen atoms in total. The van der Waals surface area contributed by atoms with Crippen LogP contribution in [0.25, 0.3) is 0 Å². The van der Waals surface area contributed by atoms with Gasteiger partial charge in [-0.25, -0.2) is 0 Å². The zero-order chi connectivity index (χ0) is 15.2. The van der Waals surface area contributed by atoms with Crippen molar-refractivity contribution in [3.63, 3.8) is 0 Å². The molecule has 0 spiro atoms. The van der Waals surface area contributed by atoms with E-state index in [1.807, 2.05) is 0 Å². The number of benzene rings is 1. The van der Waals surface area contributed by atoms with E-state index >= 15 is 0 Å². The van der Waals surface area contributed by atoms with Crippen molar-refractivity contribution in [3.05, 3.63) is 23.8 Å². The van der Waals surface area contributed by atoms with Gasteiger partial charge >= 0.3 is 0 Å². The molecule has 0 bridgehead atoms. The van der Waals surface area contributed by atoms with E-state index in [1.54, 1.807) is 32.4 Å². The molecule has 116 valence electrons. The molecule has 1 saturated heterocycles. The third-order valence-corrected chi connectivity index (χ3v) is 4.05. The summed E-state index contributed by atoms with van der Waals surface area (Å²) in [4.78, 5) is 12.3. The molecule has 1 aliphatic rings. The first-order valence-corrected chi connectivity index (χ1v) is 7.39. The lowest BCUT2D eigenvalue weighted by molar-refractivity contribution is 0.0921. The van der Waals surface area contributed by atoms with Crippen molar-refractivity contribution in [1.29, 1.82) is 0 Å². The minimum absolute atomic E-state index is 0.0750. The van der Waals surface area contributed by atoms with Gasteiger partial charge in [0, 0.05) is 11.6 Å². The van der Waals surface area contributed by atoms with Gasteiger partial charge in [0.2, 0.25) is 0 Å². The summed E-state index contributed by atoms with van der Waals surface area (Å²) in [6.07, 6.45) is 2.32. The van der Waals surface area contributed by atoms with Gasteiger partial charge in [-0.3, -0.25) is 4.79 Å². The van der Waals surface area contributed by atoms with Crippen LogP contribution >= 0.6 is 0 Å². The highest BCUT2D eigenvalue weighted by molar-refractivity contribution is 5.95. The number of methoxy groups -OCH3 is 2. The molecule has 0 aliphatic carbocycles. The first kappa shape index (κ1) is 15.6. The minimum atomic E-state index is -0.0750. The third kappa shape index (κ3) is 3.88. The summed E-state index contributed by atoms with van der Waals surface area (Å²) in [5.74, 6) is 1.60. The fourth-order valence-electron chi connectivity index (χ4n) is 2.69. The van der Waals surface area contributed by atoms with E-state index in [4.69, 9.17) is 9.47 Å². The lowest BCUT2D eigenvalue weighted by Gasteiger charge is -2.29. The molecule has 2 N–H and O–H groups in total. The van der Waals surface area contributed by atoms with E-state index in [0.29, 0.717) is 23.0 Å². The quantitative estimate of drug-likeness (QED) is 0.869. The molecule has 1 aromatic carbocycles. The Morgan fingerprint density at radius 2 is 2.10 bits per heavy atom. The van der Waals surface area contributed by atoms with Crippen molar-refractivity contribution < 1.29 is 14.3 Å². The average molecular weight is 292 g/mol. The van der Waals surface area contributed by atoms with Crippen molar-refractivity contribution in [2.24, 2.45) is 5.92 Å². The number of rotatable bonds is 5. The number of nitrogens with one attached hydrogen (secondary N) is 2. The molecule has 5 heteroatoms. The number of amides is 1. The molecule has 0 saturated carbocycles. The molecule has 1 fully saturated rings. The highest BCUT2D eigenvalue weighted by Crippen LogP contribution is 2.27. The van der Waals surface area contributed by atoms with Gasteiger partial charge in [0.15, 0.2) is 11.5 Å². The van der Waals surface area contributed by atoms with Gasteiger partial charge in [0.25, 0.3) is 5.91 Å². The predicted molar refractivity (Wildman–Crippen MR) is 82.1 cm³/mol. The molecule has 2 atom stereocenters. The van der Waals surface area contributed by atoms with Crippen molar-refractivity contribution >= 4 is 5.91 Å². The second-order valence-corrected chi connectivity index (χ2v) is 5.44. The Labute approximate surface area is 126 Å². The molecule has 0 radical (unpaired) electrons. The Bertz CT molecular complexity index is 484. The zero-order valence-electron chi connectivity index (χ0n) is 12.9. The SMILES string of the molecule is COc1ccc(C(=O)NC(C)C2CCCNC2)cc1OC. The third-order valence-electron chi connectivity index (χ3n) is 4.05. The lowest BCUT2D eigenvalue weighted by Crippen LogP contribution is -2.44. The first-order chi connectivity index (χ1) is 10.2. The smallest absolute Gasteiger partial charge is 0.251 e. The highest BCUT2D eigenvalue weighted by atomic mass is 16.5. The standard InChI is InChI=1S/C16H24N2O3/c1-11(13-5-4-8-17-10-13)18-16(19)12-6-7-14(20-2)15(9-12)21-3/h6-7,9,11,13,17H,4-5,8,10H2,1-3H3,(H,18,19). The normalized spacial score (nSPS) is 19.7. The molecule has 2 unspecified atom stereocenters. The van der Waals surface area contributed by atoms with Gasteiger partial charge < -0.3 is 20.1 Å². The summed E-state index contributed by atoms with van der Waals surface area (Å²) in [6.45, 7) is 4.11. The number of carbonyl (C=O) groups is 1. The van der Waals surface area contributed by atoms with Crippen LogP contribution in [0.3, 0.4) is 0 Å². The first-order valence-electron chi connectivity index (χ1n) is 7.39. The fourth-order valence-corrected chi connectivity index (χ4v) is 2.69.